The van der Waals surface area contributed by atoms with Gasteiger partial charge in [-0.3, -0.25) is 0 Å². The highest BCUT2D eigenvalue weighted by Crippen LogP contribution is 2.27. The molecule has 0 atom stereocenters. The van der Waals surface area contributed by atoms with Gasteiger partial charge in [0.25, 0.3) is 0 Å². The monoisotopic (exact) mass is 148 g/mol. The number of fused-ring (bicyclic) bond motifs is 1. The summed E-state index contributed by atoms with van der Waals surface area (Å²) in [6.07, 6.45) is 3.58. The van der Waals surface area contributed by atoms with Gasteiger partial charge in [0.15, 0.2) is 0 Å². The van der Waals surface area contributed by atoms with Crippen LogP contribution in [-0.2, 0) is 12.8 Å². The van der Waals surface area contributed by atoms with Gasteiger partial charge in [-0.2, -0.15) is 0 Å². The zero-order chi connectivity index (χ0) is 7.84. The first-order valence-electron chi connectivity index (χ1n) is 3.94. The Morgan fingerprint density at radius 3 is 1.82 bits per heavy atom. The molecule has 2 rings (SSSR count). The van der Waals surface area contributed by atoms with Gasteiger partial charge < -0.3 is 11.5 Å². The van der Waals surface area contributed by atoms with Gasteiger partial charge in [-0.15, -0.1) is 0 Å². The first-order chi connectivity index (χ1) is 5.27. The van der Waals surface area contributed by atoms with E-state index in [9.17, 15) is 0 Å². The Kier molecular flexibility index (Phi) is 1.28. The van der Waals surface area contributed by atoms with Gasteiger partial charge in [0.2, 0.25) is 0 Å². The standard InChI is InChI=1S/C9H12N2/c10-8-4-6-2-1-3-7(6)5-9(8)11/h4-5H,1-3,10-11H2. The van der Waals surface area contributed by atoms with Crippen LogP contribution in [0.15, 0.2) is 12.1 Å². The number of hydrogen-bond donors (Lipinski definition) is 2. The summed E-state index contributed by atoms with van der Waals surface area (Å²) in [6.45, 7) is 0. The average molecular weight is 148 g/mol. The van der Waals surface area contributed by atoms with Crippen molar-refractivity contribution in [3.8, 4) is 0 Å². The minimum Gasteiger partial charge on any atom is -0.397 e. The summed E-state index contributed by atoms with van der Waals surface area (Å²) >= 11 is 0. The van der Waals surface area contributed by atoms with Gasteiger partial charge in [-0.1, -0.05) is 0 Å². The molecule has 2 nitrogen and oxygen atoms in total. The maximum atomic E-state index is 5.67. The molecule has 1 aromatic rings. The van der Waals surface area contributed by atoms with Crippen LogP contribution in [0.4, 0.5) is 11.4 Å². The van der Waals surface area contributed by atoms with E-state index in [1.165, 1.54) is 30.4 Å². The molecule has 0 aromatic heterocycles. The number of aryl methyl sites for hydroxylation is 2. The molecule has 0 amide bonds. The summed E-state index contributed by atoms with van der Waals surface area (Å²) in [6, 6.07) is 4.02. The fourth-order valence-electron chi connectivity index (χ4n) is 1.66. The first-order valence-corrected chi connectivity index (χ1v) is 3.94. The van der Waals surface area contributed by atoms with Crippen LogP contribution >= 0.6 is 0 Å². The lowest BCUT2D eigenvalue weighted by Gasteiger charge is -2.03. The fraction of sp³-hybridized carbons (Fsp3) is 0.333. The summed E-state index contributed by atoms with van der Waals surface area (Å²) in [7, 11) is 0. The van der Waals surface area contributed by atoms with E-state index in [4.69, 9.17) is 11.5 Å². The second-order valence-electron chi connectivity index (χ2n) is 3.10. The van der Waals surface area contributed by atoms with Crippen molar-refractivity contribution in [3.63, 3.8) is 0 Å². The van der Waals surface area contributed by atoms with E-state index < -0.39 is 0 Å². The third-order valence-electron chi connectivity index (χ3n) is 2.30. The van der Waals surface area contributed by atoms with Crippen molar-refractivity contribution < 1.29 is 0 Å². The van der Waals surface area contributed by atoms with E-state index in [1.54, 1.807) is 0 Å². The lowest BCUT2D eigenvalue weighted by atomic mass is 10.1. The Hall–Kier alpha value is -1.18. The fourth-order valence-corrected chi connectivity index (χ4v) is 1.66. The van der Waals surface area contributed by atoms with E-state index in [0.717, 1.165) is 11.4 Å². The molecule has 0 spiro atoms. The lowest BCUT2D eigenvalue weighted by Crippen LogP contribution is -1.96. The molecule has 0 saturated carbocycles. The van der Waals surface area contributed by atoms with Crippen LogP contribution in [0.2, 0.25) is 0 Å². The Balaban J connectivity index is 2.57. The van der Waals surface area contributed by atoms with Crippen molar-refractivity contribution in [1.29, 1.82) is 0 Å². The Morgan fingerprint density at radius 2 is 1.36 bits per heavy atom. The molecular weight excluding hydrogens is 136 g/mol. The predicted octanol–water partition coefficient (Wildman–Crippen LogP) is 1.34. The molecule has 0 heterocycles. The Morgan fingerprint density at radius 1 is 0.909 bits per heavy atom. The zero-order valence-corrected chi connectivity index (χ0v) is 6.43. The number of benzene rings is 1. The molecule has 4 N–H and O–H groups in total. The number of nitrogens with two attached hydrogens (primary N) is 2. The molecule has 2 heteroatoms. The molecule has 1 aliphatic rings. The van der Waals surface area contributed by atoms with Gasteiger partial charge in [-0.25, -0.2) is 0 Å². The largest absolute Gasteiger partial charge is 0.397 e. The molecular formula is C9H12N2. The van der Waals surface area contributed by atoms with E-state index in [1.807, 2.05) is 12.1 Å². The number of hydrogen-bond acceptors (Lipinski definition) is 2. The molecule has 0 fully saturated rings. The third kappa shape index (κ3) is 0.946. The summed E-state index contributed by atoms with van der Waals surface area (Å²) in [5, 5.41) is 0. The summed E-state index contributed by atoms with van der Waals surface area (Å²) in [5.74, 6) is 0. The average Bonchev–Trinajstić information content (AvgIpc) is 2.36. The van der Waals surface area contributed by atoms with E-state index in [-0.39, 0.29) is 0 Å². The van der Waals surface area contributed by atoms with E-state index in [0.29, 0.717) is 0 Å². The van der Waals surface area contributed by atoms with Crippen molar-refractivity contribution in [3.05, 3.63) is 23.3 Å². The molecule has 0 bridgehead atoms. The Labute approximate surface area is 66.2 Å². The topological polar surface area (TPSA) is 52.0 Å². The molecule has 0 unspecified atom stereocenters. The van der Waals surface area contributed by atoms with Crippen molar-refractivity contribution in [2.24, 2.45) is 0 Å². The second kappa shape index (κ2) is 2.16. The molecule has 1 aliphatic carbocycles. The van der Waals surface area contributed by atoms with Gasteiger partial charge in [0, 0.05) is 0 Å². The maximum absolute atomic E-state index is 5.67. The van der Waals surface area contributed by atoms with Gasteiger partial charge in [0.1, 0.15) is 0 Å². The molecule has 58 valence electrons. The second-order valence-corrected chi connectivity index (χ2v) is 3.10. The highest BCUT2D eigenvalue weighted by atomic mass is 14.7. The quantitative estimate of drug-likeness (QED) is 0.545. The molecule has 11 heavy (non-hydrogen) atoms. The van der Waals surface area contributed by atoms with Gasteiger partial charge in [-0.05, 0) is 42.5 Å². The van der Waals surface area contributed by atoms with Crippen LogP contribution in [-0.4, -0.2) is 0 Å². The number of nitrogen functional groups attached to an aromatic ring is 2. The van der Waals surface area contributed by atoms with E-state index >= 15 is 0 Å². The predicted molar refractivity (Wildman–Crippen MR) is 47.3 cm³/mol. The van der Waals surface area contributed by atoms with Crippen LogP contribution in [0, 0.1) is 0 Å². The van der Waals surface area contributed by atoms with Crippen molar-refractivity contribution in [2.75, 3.05) is 11.5 Å². The Bertz CT molecular complexity index is 263. The van der Waals surface area contributed by atoms with Crippen molar-refractivity contribution in [1.82, 2.24) is 0 Å². The maximum Gasteiger partial charge on any atom is 0.0550 e. The summed E-state index contributed by atoms with van der Waals surface area (Å²) < 4.78 is 0. The highest BCUT2D eigenvalue weighted by Gasteiger charge is 2.11. The number of anilines is 2. The molecule has 0 aliphatic heterocycles. The molecule has 1 aromatic carbocycles. The third-order valence-corrected chi connectivity index (χ3v) is 2.30. The lowest BCUT2D eigenvalue weighted by molar-refractivity contribution is 0.912. The summed E-state index contributed by atoms with van der Waals surface area (Å²) in [5.41, 5.74) is 15.6. The van der Waals surface area contributed by atoms with Crippen LogP contribution in [0.25, 0.3) is 0 Å². The summed E-state index contributed by atoms with van der Waals surface area (Å²) in [4.78, 5) is 0. The van der Waals surface area contributed by atoms with Crippen LogP contribution in [0.5, 0.6) is 0 Å². The van der Waals surface area contributed by atoms with Crippen LogP contribution in [0.1, 0.15) is 17.5 Å². The van der Waals surface area contributed by atoms with Crippen LogP contribution < -0.4 is 11.5 Å². The molecule has 0 radical (unpaired) electrons. The van der Waals surface area contributed by atoms with Crippen LogP contribution in [0.3, 0.4) is 0 Å². The van der Waals surface area contributed by atoms with E-state index in [2.05, 4.69) is 0 Å². The first kappa shape index (κ1) is 6.53. The SMILES string of the molecule is Nc1cc2c(cc1N)CCC2. The number of rotatable bonds is 0. The van der Waals surface area contributed by atoms with Gasteiger partial charge in [0.05, 0.1) is 11.4 Å². The smallest absolute Gasteiger partial charge is 0.0550 e. The minimum atomic E-state index is 0.727. The van der Waals surface area contributed by atoms with Gasteiger partial charge >= 0.3 is 0 Å². The van der Waals surface area contributed by atoms with Crippen molar-refractivity contribution >= 4 is 11.4 Å². The molecule has 0 saturated heterocycles. The highest BCUT2D eigenvalue weighted by molar-refractivity contribution is 5.66. The van der Waals surface area contributed by atoms with Crippen molar-refractivity contribution in [2.45, 2.75) is 19.3 Å². The minimum absolute atomic E-state index is 0.727. The zero-order valence-electron chi connectivity index (χ0n) is 6.43. The normalized spacial score (nSPS) is 14.9.